The highest BCUT2D eigenvalue weighted by Gasteiger charge is 2.11. The van der Waals surface area contributed by atoms with Crippen LogP contribution in [0.3, 0.4) is 0 Å². The van der Waals surface area contributed by atoms with E-state index in [0.29, 0.717) is 17.5 Å². The zero-order chi connectivity index (χ0) is 15.0. The average molecular weight is 300 g/mol. The Morgan fingerprint density at radius 3 is 2.85 bits per heavy atom. The fourth-order valence-electron chi connectivity index (χ4n) is 1.60. The number of nitrogen functional groups attached to an aromatic ring is 1. The molecule has 0 bridgehead atoms. The van der Waals surface area contributed by atoms with Crippen molar-refractivity contribution in [3.8, 4) is 0 Å². The van der Waals surface area contributed by atoms with Crippen molar-refractivity contribution >= 4 is 17.7 Å². The first kappa shape index (κ1) is 16.8. The van der Waals surface area contributed by atoms with Gasteiger partial charge in [0, 0.05) is 13.0 Å². The Morgan fingerprint density at radius 1 is 1.45 bits per heavy atom. The Morgan fingerprint density at radius 2 is 2.20 bits per heavy atom. The monoisotopic (exact) mass is 300 g/mol. The molecule has 1 rings (SSSR count). The minimum absolute atomic E-state index is 0.00574. The van der Waals surface area contributed by atoms with Crippen molar-refractivity contribution in [3.63, 3.8) is 0 Å². The van der Waals surface area contributed by atoms with E-state index in [1.54, 1.807) is 0 Å². The van der Waals surface area contributed by atoms with E-state index in [1.165, 1.54) is 16.4 Å². The zero-order valence-electron chi connectivity index (χ0n) is 12.4. The lowest BCUT2D eigenvalue weighted by Gasteiger charge is -2.09. The summed E-state index contributed by atoms with van der Waals surface area (Å²) in [7, 11) is 4.03. The van der Waals surface area contributed by atoms with Gasteiger partial charge in [0.05, 0.1) is 5.75 Å². The van der Waals surface area contributed by atoms with E-state index in [0.717, 1.165) is 31.6 Å². The van der Waals surface area contributed by atoms with Crippen molar-refractivity contribution in [3.05, 3.63) is 5.82 Å². The first-order valence-electron chi connectivity index (χ1n) is 6.78. The molecule has 0 atom stereocenters. The molecule has 0 aliphatic rings. The number of nitrogens with one attached hydrogen (secondary N) is 1. The van der Waals surface area contributed by atoms with Crippen molar-refractivity contribution in [2.45, 2.75) is 31.3 Å². The average Bonchev–Trinajstić information content (AvgIpc) is 2.74. The van der Waals surface area contributed by atoms with E-state index in [-0.39, 0.29) is 5.91 Å². The molecule has 8 heteroatoms. The largest absolute Gasteiger partial charge is 0.355 e. The van der Waals surface area contributed by atoms with Crippen LogP contribution in [0.25, 0.3) is 0 Å². The molecule has 0 aliphatic carbocycles. The van der Waals surface area contributed by atoms with E-state index in [1.807, 2.05) is 14.1 Å². The number of hydrogen-bond donors (Lipinski definition) is 2. The van der Waals surface area contributed by atoms with Gasteiger partial charge in [0.25, 0.3) is 0 Å². The highest BCUT2D eigenvalue weighted by Crippen LogP contribution is 2.14. The number of rotatable bonds is 9. The third-order valence-electron chi connectivity index (χ3n) is 2.65. The van der Waals surface area contributed by atoms with Crippen LogP contribution in [0.1, 0.15) is 25.6 Å². The van der Waals surface area contributed by atoms with Crippen molar-refractivity contribution in [1.29, 1.82) is 0 Å². The number of hydrogen-bond acceptors (Lipinski definition) is 6. The first-order valence-corrected chi connectivity index (χ1v) is 7.76. The lowest BCUT2D eigenvalue weighted by atomic mass is 10.3. The lowest BCUT2D eigenvalue weighted by molar-refractivity contribution is -0.118. The standard InChI is InChI=1S/C12H24N6OS/c1-4-6-10-15-16-12(18(10)13)20-9-11(19)14-7-5-8-17(2)3/h4-9,13H2,1-3H3,(H,14,19). The molecular formula is C12H24N6OS. The second kappa shape index (κ2) is 8.80. The van der Waals surface area contributed by atoms with Crippen LogP contribution in [0.2, 0.25) is 0 Å². The molecule has 0 fully saturated rings. The van der Waals surface area contributed by atoms with Crippen LogP contribution in [0.4, 0.5) is 0 Å². The van der Waals surface area contributed by atoms with Crippen LogP contribution < -0.4 is 11.2 Å². The molecule has 0 aromatic carbocycles. The smallest absolute Gasteiger partial charge is 0.230 e. The second-order valence-electron chi connectivity index (χ2n) is 4.81. The molecule has 3 N–H and O–H groups in total. The summed E-state index contributed by atoms with van der Waals surface area (Å²) in [6.07, 6.45) is 2.70. The Kier molecular flexibility index (Phi) is 7.38. The highest BCUT2D eigenvalue weighted by atomic mass is 32.2. The molecule has 0 spiro atoms. The van der Waals surface area contributed by atoms with E-state index >= 15 is 0 Å². The van der Waals surface area contributed by atoms with Crippen molar-refractivity contribution in [1.82, 2.24) is 25.1 Å². The minimum Gasteiger partial charge on any atom is -0.355 e. The van der Waals surface area contributed by atoms with Crippen LogP contribution in [-0.2, 0) is 11.2 Å². The van der Waals surface area contributed by atoms with Crippen LogP contribution in [-0.4, -0.2) is 58.6 Å². The summed E-state index contributed by atoms with van der Waals surface area (Å²) >= 11 is 1.31. The predicted octanol–water partition coefficient (Wildman–Crippen LogP) is 0.104. The molecule has 1 aromatic rings. The maximum absolute atomic E-state index is 11.7. The number of nitrogens with zero attached hydrogens (tertiary/aromatic N) is 4. The molecule has 1 aromatic heterocycles. The Hall–Kier alpha value is -1.28. The van der Waals surface area contributed by atoms with E-state index in [2.05, 4.69) is 27.3 Å². The molecule has 0 saturated carbocycles. The van der Waals surface area contributed by atoms with Crippen LogP contribution >= 0.6 is 11.8 Å². The van der Waals surface area contributed by atoms with Gasteiger partial charge < -0.3 is 16.1 Å². The number of nitrogens with two attached hydrogens (primary N) is 1. The molecule has 1 heterocycles. The molecule has 0 radical (unpaired) electrons. The van der Waals surface area contributed by atoms with Crippen molar-refractivity contribution in [2.75, 3.05) is 38.8 Å². The van der Waals surface area contributed by atoms with Gasteiger partial charge in [0.2, 0.25) is 11.1 Å². The number of carbonyl (C=O) groups is 1. The molecule has 0 aliphatic heterocycles. The molecule has 1 amide bonds. The van der Waals surface area contributed by atoms with Gasteiger partial charge in [-0.3, -0.25) is 4.79 Å². The topological polar surface area (TPSA) is 89.1 Å². The molecule has 0 saturated heterocycles. The summed E-state index contributed by atoms with van der Waals surface area (Å²) in [6, 6.07) is 0. The van der Waals surface area contributed by atoms with Gasteiger partial charge in [-0.15, -0.1) is 10.2 Å². The summed E-state index contributed by atoms with van der Waals surface area (Å²) in [5.74, 6) is 6.92. The van der Waals surface area contributed by atoms with E-state index in [9.17, 15) is 4.79 Å². The molecule has 20 heavy (non-hydrogen) atoms. The third kappa shape index (κ3) is 5.79. The van der Waals surface area contributed by atoms with Gasteiger partial charge in [-0.2, -0.15) is 0 Å². The predicted molar refractivity (Wildman–Crippen MR) is 81.1 cm³/mol. The fourth-order valence-corrected chi connectivity index (χ4v) is 2.31. The SMILES string of the molecule is CCCc1nnc(SCC(=O)NCCCN(C)C)n1N. The molecule has 7 nitrogen and oxygen atoms in total. The number of aromatic nitrogens is 3. The summed E-state index contributed by atoms with van der Waals surface area (Å²) < 4.78 is 1.47. The minimum atomic E-state index is -0.00574. The second-order valence-corrected chi connectivity index (χ2v) is 5.76. The van der Waals surface area contributed by atoms with Crippen molar-refractivity contribution in [2.24, 2.45) is 0 Å². The summed E-state index contributed by atoms with van der Waals surface area (Å²) in [6.45, 7) is 3.71. The third-order valence-corrected chi connectivity index (χ3v) is 3.59. The fraction of sp³-hybridized carbons (Fsp3) is 0.750. The summed E-state index contributed by atoms with van der Waals surface area (Å²) in [4.78, 5) is 13.8. The van der Waals surface area contributed by atoms with Crippen LogP contribution in [0, 0.1) is 0 Å². The van der Waals surface area contributed by atoms with E-state index < -0.39 is 0 Å². The van der Waals surface area contributed by atoms with Crippen LogP contribution in [0.5, 0.6) is 0 Å². The van der Waals surface area contributed by atoms with Gasteiger partial charge in [0.1, 0.15) is 0 Å². The van der Waals surface area contributed by atoms with Gasteiger partial charge in [-0.1, -0.05) is 18.7 Å². The molecule has 114 valence electrons. The van der Waals surface area contributed by atoms with Gasteiger partial charge in [-0.25, -0.2) is 4.68 Å². The van der Waals surface area contributed by atoms with Crippen molar-refractivity contribution < 1.29 is 4.79 Å². The maximum Gasteiger partial charge on any atom is 0.230 e. The number of thioether (sulfide) groups is 1. The van der Waals surface area contributed by atoms with Gasteiger partial charge >= 0.3 is 0 Å². The lowest BCUT2D eigenvalue weighted by Crippen LogP contribution is -2.28. The molecule has 0 unspecified atom stereocenters. The normalized spacial score (nSPS) is 11.0. The first-order chi connectivity index (χ1) is 9.54. The summed E-state index contributed by atoms with van der Waals surface area (Å²) in [5, 5.41) is 11.5. The van der Waals surface area contributed by atoms with Gasteiger partial charge in [-0.05, 0) is 33.5 Å². The Balaban J connectivity index is 2.27. The Labute approximate surface area is 124 Å². The number of carbonyl (C=O) groups excluding carboxylic acids is 1. The van der Waals surface area contributed by atoms with Gasteiger partial charge in [0.15, 0.2) is 5.82 Å². The zero-order valence-corrected chi connectivity index (χ0v) is 13.2. The van der Waals surface area contributed by atoms with Crippen LogP contribution in [0.15, 0.2) is 5.16 Å². The number of amides is 1. The summed E-state index contributed by atoms with van der Waals surface area (Å²) in [5.41, 5.74) is 0. The molecular weight excluding hydrogens is 276 g/mol. The highest BCUT2D eigenvalue weighted by molar-refractivity contribution is 7.99. The number of aryl methyl sites for hydroxylation is 1. The maximum atomic E-state index is 11.7. The quantitative estimate of drug-likeness (QED) is 0.382. The Bertz CT molecular complexity index is 420. The van der Waals surface area contributed by atoms with E-state index in [4.69, 9.17) is 5.84 Å².